The van der Waals surface area contributed by atoms with Crippen LogP contribution in [0.4, 0.5) is 0 Å². The van der Waals surface area contributed by atoms with Gasteiger partial charge in [0.2, 0.25) is 53.2 Å². The summed E-state index contributed by atoms with van der Waals surface area (Å²) < 4.78 is 0. The van der Waals surface area contributed by atoms with Gasteiger partial charge < -0.3 is 59.9 Å². The number of amides is 9. The first-order valence-electron chi connectivity index (χ1n) is 16.6. The van der Waals surface area contributed by atoms with E-state index in [4.69, 9.17) is 22.9 Å². The van der Waals surface area contributed by atoms with E-state index in [0.717, 1.165) is 0 Å². The smallest absolute Gasteiger partial charge is 0.245 e. The molecule has 2 aromatic carbocycles. The molecule has 2 aromatic rings. The molecule has 0 spiro atoms. The van der Waals surface area contributed by atoms with Crippen molar-refractivity contribution in [1.29, 1.82) is 0 Å². The van der Waals surface area contributed by atoms with Crippen LogP contribution in [-0.4, -0.2) is 108 Å². The molecule has 0 heterocycles. The zero-order valence-corrected chi connectivity index (χ0v) is 29.2. The van der Waals surface area contributed by atoms with Crippen LogP contribution < -0.4 is 54.8 Å². The number of carbonyl (C=O) groups is 9. The second-order valence-electron chi connectivity index (χ2n) is 12.0. The Labute approximate surface area is 309 Å². The lowest BCUT2D eigenvalue weighted by molar-refractivity contribution is -0.136. The summed E-state index contributed by atoms with van der Waals surface area (Å²) in [7, 11) is 0. The summed E-state index contributed by atoms with van der Waals surface area (Å²) >= 11 is 0. The molecule has 0 radical (unpaired) electrons. The van der Waals surface area contributed by atoms with Crippen LogP contribution in [0, 0.1) is 0 Å². The van der Waals surface area contributed by atoms with Crippen molar-refractivity contribution < 1.29 is 48.3 Å². The third kappa shape index (κ3) is 16.3. The van der Waals surface area contributed by atoms with Gasteiger partial charge in [-0.25, -0.2) is 0 Å². The Kier molecular flexibility index (Phi) is 18.2. The Hall–Kier alpha value is -6.41. The molecule has 9 amide bonds. The standard InChI is InChI=1S/C34H46N10O10/c35-21(11-12-26(36)46)31(51)40-16-28(48)39-17-29(49)41-25(18-45)34(54)44-24(15-27(37)47)33(53)43-23(14-20-9-5-2-6-10-20)32(52)42-22(30(38)50)13-19-7-3-1-4-8-19/h1-10,21-25,45H,11-18,35H2,(H2,36,46)(H2,37,47)(H2,38,50)(H,39,48)(H,40,51)(H,41,49)(H,42,52)(H,43,53)(H,44,54)/t21-,22-,23-,24-,25-/m0/s1. The Morgan fingerprint density at radius 1 is 0.556 bits per heavy atom. The topological polar surface area (TPSA) is 350 Å². The van der Waals surface area contributed by atoms with Gasteiger partial charge in [0.25, 0.3) is 0 Å². The third-order valence-corrected chi connectivity index (χ3v) is 7.64. The van der Waals surface area contributed by atoms with E-state index in [-0.39, 0.29) is 25.7 Å². The van der Waals surface area contributed by atoms with Gasteiger partial charge in [0.05, 0.1) is 32.2 Å². The quantitative estimate of drug-likeness (QED) is 0.0509. The summed E-state index contributed by atoms with van der Waals surface area (Å²) in [4.78, 5) is 112. The average Bonchev–Trinajstić information content (AvgIpc) is 3.13. The number of primary amides is 3. The van der Waals surface area contributed by atoms with Gasteiger partial charge in [-0.05, 0) is 17.5 Å². The number of aliphatic hydroxyl groups excluding tert-OH is 1. The highest BCUT2D eigenvalue weighted by Gasteiger charge is 2.32. The molecule has 0 saturated carbocycles. The second kappa shape index (κ2) is 22.5. The molecule has 0 aliphatic heterocycles. The highest BCUT2D eigenvalue weighted by Crippen LogP contribution is 2.08. The summed E-state index contributed by atoms with van der Waals surface area (Å²) in [6, 6.07) is 10.2. The molecule has 0 unspecified atom stereocenters. The molecular weight excluding hydrogens is 708 g/mol. The normalized spacial score (nSPS) is 13.4. The van der Waals surface area contributed by atoms with E-state index in [1.165, 1.54) is 0 Å². The van der Waals surface area contributed by atoms with Gasteiger partial charge in [-0.15, -0.1) is 0 Å². The summed E-state index contributed by atoms with van der Waals surface area (Å²) in [5, 5.41) is 23.6. The summed E-state index contributed by atoms with van der Waals surface area (Å²) in [5.74, 6) is -8.01. The van der Waals surface area contributed by atoms with Gasteiger partial charge in [0.1, 0.15) is 24.2 Å². The monoisotopic (exact) mass is 754 g/mol. The number of rotatable bonds is 23. The highest BCUT2D eigenvalue weighted by atomic mass is 16.3. The van der Waals surface area contributed by atoms with Gasteiger partial charge in [-0.2, -0.15) is 0 Å². The Morgan fingerprint density at radius 3 is 1.56 bits per heavy atom. The van der Waals surface area contributed by atoms with Gasteiger partial charge in [0, 0.05) is 19.3 Å². The number of nitrogens with two attached hydrogens (primary N) is 4. The maximum absolute atomic E-state index is 13.5. The summed E-state index contributed by atoms with van der Waals surface area (Å²) in [6.45, 7) is -2.27. The Bertz CT molecular complexity index is 1640. The fourth-order valence-electron chi connectivity index (χ4n) is 4.77. The van der Waals surface area contributed by atoms with Crippen LogP contribution >= 0.6 is 0 Å². The van der Waals surface area contributed by atoms with Crippen molar-refractivity contribution in [3.05, 3.63) is 71.8 Å². The number of aliphatic hydroxyl groups is 1. The lowest BCUT2D eigenvalue weighted by Crippen LogP contribution is -2.60. The molecule has 0 saturated heterocycles. The van der Waals surface area contributed by atoms with Crippen LogP contribution in [0.5, 0.6) is 0 Å². The molecule has 0 aromatic heterocycles. The molecular formula is C34H46N10O10. The Morgan fingerprint density at radius 2 is 1.04 bits per heavy atom. The Balaban J connectivity index is 2.08. The zero-order chi connectivity index (χ0) is 40.2. The van der Waals surface area contributed by atoms with Gasteiger partial charge in [-0.1, -0.05) is 60.7 Å². The predicted molar refractivity (Wildman–Crippen MR) is 191 cm³/mol. The molecule has 5 atom stereocenters. The number of benzene rings is 2. The van der Waals surface area contributed by atoms with Gasteiger partial charge in [0.15, 0.2) is 0 Å². The summed E-state index contributed by atoms with van der Waals surface area (Å²) in [6.07, 6.45) is -0.978. The average molecular weight is 755 g/mol. The SMILES string of the molecule is NC(=O)CC[C@H](N)C(=O)NCC(=O)NCC(=O)N[C@@H](CO)C(=O)N[C@@H](CC(N)=O)C(=O)N[C@@H](Cc1ccccc1)C(=O)N[C@@H](Cc1ccccc1)C(N)=O. The van der Waals surface area contributed by atoms with Crippen molar-refractivity contribution in [2.75, 3.05) is 19.7 Å². The minimum Gasteiger partial charge on any atom is -0.394 e. The van der Waals surface area contributed by atoms with E-state index < -0.39 is 109 Å². The maximum Gasteiger partial charge on any atom is 0.245 e. The first-order chi connectivity index (χ1) is 25.6. The fourth-order valence-corrected chi connectivity index (χ4v) is 4.77. The molecule has 15 N–H and O–H groups in total. The van der Waals surface area contributed by atoms with Gasteiger partial charge in [-0.3, -0.25) is 43.2 Å². The first-order valence-corrected chi connectivity index (χ1v) is 16.6. The molecule has 0 fully saturated rings. The van der Waals surface area contributed by atoms with E-state index in [2.05, 4.69) is 31.9 Å². The maximum atomic E-state index is 13.5. The van der Waals surface area contributed by atoms with E-state index >= 15 is 0 Å². The van der Waals surface area contributed by atoms with Crippen molar-refractivity contribution in [2.45, 2.75) is 62.3 Å². The highest BCUT2D eigenvalue weighted by molar-refractivity contribution is 5.97. The van der Waals surface area contributed by atoms with E-state index in [1.807, 2.05) is 0 Å². The van der Waals surface area contributed by atoms with Crippen molar-refractivity contribution >= 4 is 53.2 Å². The lowest BCUT2D eigenvalue weighted by Gasteiger charge is -2.25. The molecule has 2 rings (SSSR count). The fraction of sp³-hybridized carbons (Fsp3) is 0.382. The van der Waals surface area contributed by atoms with Crippen molar-refractivity contribution in [2.24, 2.45) is 22.9 Å². The largest absolute Gasteiger partial charge is 0.394 e. The van der Waals surface area contributed by atoms with Crippen LogP contribution in [0.3, 0.4) is 0 Å². The van der Waals surface area contributed by atoms with Gasteiger partial charge >= 0.3 is 0 Å². The second-order valence-corrected chi connectivity index (χ2v) is 12.0. The number of hydrogen-bond donors (Lipinski definition) is 11. The molecule has 20 nitrogen and oxygen atoms in total. The molecule has 292 valence electrons. The molecule has 0 bridgehead atoms. The molecule has 0 aliphatic rings. The minimum absolute atomic E-state index is 0.0477. The number of hydrogen-bond acceptors (Lipinski definition) is 11. The summed E-state index contributed by atoms with van der Waals surface area (Å²) in [5.41, 5.74) is 22.8. The van der Waals surface area contributed by atoms with Crippen LogP contribution in [-0.2, 0) is 56.0 Å². The van der Waals surface area contributed by atoms with Crippen LogP contribution in [0.25, 0.3) is 0 Å². The van der Waals surface area contributed by atoms with Crippen molar-refractivity contribution in [1.82, 2.24) is 31.9 Å². The minimum atomic E-state index is -1.69. The molecule has 20 heteroatoms. The molecule has 0 aliphatic carbocycles. The first kappa shape index (κ1) is 43.8. The van der Waals surface area contributed by atoms with Crippen LogP contribution in [0.2, 0.25) is 0 Å². The third-order valence-electron chi connectivity index (χ3n) is 7.64. The predicted octanol–water partition coefficient (Wildman–Crippen LogP) is -5.41. The van der Waals surface area contributed by atoms with Crippen LogP contribution in [0.1, 0.15) is 30.4 Å². The lowest BCUT2D eigenvalue weighted by atomic mass is 10.0. The van der Waals surface area contributed by atoms with Crippen molar-refractivity contribution in [3.63, 3.8) is 0 Å². The van der Waals surface area contributed by atoms with Crippen molar-refractivity contribution in [3.8, 4) is 0 Å². The van der Waals surface area contributed by atoms with E-state index in [0.29, 0.717) is 11.1 Å². The molecule has 54 heavy (non-hydrogen) atoms. The number of nitrogens with one attached hydrogen (secondary N) is 6. The number of carbonyl (C=O) groups excluding carboxylic acids is 9. The van der Waals surface area contributed by atoms with Crippen LogP contribution in [0.15, 0.2) is 60.7 Å². The van der Waals surface area contributed by atoms with E-state index in [9.17, 15) is 48.3 Å². The van der Waals surface area contributed by atoms with E-state index in [1.54, 1.807) is 60.7 Å². The zero-order valence-electron chi connectivity index (χ0n) is 29.2.